The summed E-state index contributed by atoms with van der Waals surface area (Å²) in [5.74, 6) is 1.90. The van der Waals surface area contributed by atoms with Crippen LogP contribution in [0.1, 0.15) is 61.9 Å². The van der Waals surface area contributed by atoms with E-state index in [1.807, 2.05) is 18.2 Å². The number of Topliss-reactive ketones (excluding diaryl/α,β-unsaturated/α-hetero) is 1. The Morgan fingerprint density at radius 3 is 2.67 bits per heavy atom. The molecule has 2 rings (SSSR count). The van der Waals surface area contributed by atoms with Crippen molar-refractivity contribution < 1.29 is 9.53 Å². The van der Waals surface area contributed by atoms with Crippen molar-refractivity contribution in [2.24, 2.45) is 5.92 Å². The normalized spacial score (nSPS) is 14.9. The number of ketones is 1. The van der Waals surface area contributed by atoms with Gasteiger partial charge >= 0.3 is 0 Å². The minimum absolute atomic E-state index is 0.285. The Morgan fingerprint density at radius 2 is 2.11 bits per heavy atom. The van der Waals surface area contributed by atoms with Crippen molar-refractivity contribution in [3.8, 4) is 5.75 Å². The second kappa shape index (κ2) is 5.55. The van der Waals surface area contributed by atoms with Gasteiger partial charge in [0.25, 0.3) is 0 Å². The first-order chi connectivity index (χ1) is 8.63. The Bertz CT molecular complexity index is 431. The molecule has 0 unspecified atom stereocenters. The lowest BCUT2D eigenvalue weighted by Gasteiger charge is -2.15. The van der Waals surface area contributed by atoms with Crippen LogP contribution in [0.2, 0.25) is 0 Å². The Hall–Kier alpha value is -1.31. The molecule has 2 heteroatoms. The molecule has 0 aliphatic heterocycles. The van der Waals surface area contributed by atoms with Crippen LogP contribution in [0.15, 0.2) is 18.2 Å². The van der Waals surface area contributed by atoms with E-state index in [9.17, 15) is 4.79 Å². The zero-order chi connectivity index (χ0) is 13.1. The molecule has 1 saturated carbocycles. The average Bonchev–Trinajstić information content (AvgIpc) is 3.19. The van der Waals surface area contributed by atoms with E-state index in [4.69, 9.17) is 4.74 Å². The van der Waals surface area contributed by atoms with Crippen molar-refractivity contribution in [3.63, 3.8) is 0 Å². The highest BCUT2D eigenvalue weighted by Gasteiger charge is 2.30. The Kier molecular flexibility index (Phi) is 4.05. The van der Waals surface area contributed by atoms with E-state index in [2.05, 4.69) is 20.8 Å². The third kappa shape index (κ3) is 2.92. The van der Waals surface area contributed by atoms with Gasteiger partial charge in [0.2, 0.25) is 0 Å². The molecule has 0 spiro atoms. The van der Waals surface area contributed by atoms with Crippen molar-refractivity contribution in [3.05, 3.63) is 29.3 Å². The maximum atomic E-state index is 12.1. The van der Waals surface area contributed by atoms with Crippen LogP contribution >= 0.6 is 0 Å². The number of carbonyl (C=O) groups is 1. The van der Waals surface area contributed by atoms with Gasteiger partial charge < -0.3 is 4.74 Å². The molecular formula is C16H22O2. The van der Waals surface area contributed by atoms with E-state index < -0.39 is 0 Å². The minimum atomic E-state index is 0.285. The standard InChI is InChI=1S/C16H22O2/c1-4-9-18-15-8-7-13(10-14(15)11(2)3)16(17)12-5-6-12/h7-8,10-12H,4-6,9H2,1-3H3. The van der Waals surface area contributed by atoms with Gasteiger partial charge in [-0.3, -0.25) is 4.79 Å². The number of hydrogen-bond donors (Lipinski definition) is 0. The number of carbonyl (C=O) groups excluding carboxylic acids is 1. The van der Waals surface area contributed by atoms with E-state index in [0.29, 0.717) is 11.7 Å². The first-order valence-electron chi connectivity index (χ1n) is 6.94. The summed E-state index contributed by atoms with van der Waals surface area (Å²) in [5.41, 5.74) is 2.00. The molecule has 0 N–H and O–H groups in total. The van der Waals surface area contributed by atoms with E-state index >= 15 is 0 Å². The van der Waals surface area contributed by atoms with Gasteiger partial charge in [0.05, 0.1) is 6.61 Å². The lowest BCUT2D eigenvalue weighted by atomic mass is 9.97. The number of ether oxygens (including phenoxy) is 1. The van der Waals surface area contributed by atoms with Crippen molar-refractivity contribution in [1.82, 2.24) is 0 Å². The highest BCUT2D eigenvalue weighted by atomic mass is 16.5. The highest BCUT2D eigenvalue weighted by Crippen LogP contribution is 2.35. The van der Waals surface area contributed by atoms with Crippen molar-refractivity contribution >= 4 is 5.78 Å². The summed E-state index contributed by atoms with van der Waals surface area (Å²) < 4.78 is 5.75. The van der Waals surface area contributed by atoms with Crippen LogP contribution in [0.5, 0.6) is 5.75 Å². The smallest absolute Gasteiger partial charge is 0.165 e. The maximum Gasteiger partial charge on any atom is 0.165 e. The van der Waals surface area contributed by atoms with Gasteiger partial charge in [-0.25, -0.2) is 0 Å². The average molecular weight is 246 g/mol. The fourth-order valence-electron chi connectivity index (χ4n) is 2.08. The number of benzene rings is 1. The molecule has 2 nitrogen and oxygen atoms in total. The molecule has 0 saturated heterocycles. The van der Waals surface area contributed by atoms with E-state index in [1.54, 1.807) is 0 Å². The monoisotopic (exact) mass is 246 g/mol. The molecular weight excluding hydrogens is 224 g/mol. The molecule has 98 valence electrons. The van der Waals surface area contributed by atoms with Gasteiger partial charge in [-0.1, -0.05) is 20.8 Å². The van der Waals surface area contributed by atoms with Crippen LogP contribution in [0, 0.1) is 5.92 Å². The van der Waals surface area contributed by atoms with Crippen molar-refractivity contribution in [2.45, 2.75) is 46.0 Å². The second-order valence-corrected chi connectivity index (χ2v) is 5.39. The molecule has 1 fully saturated rings. The third-order valence-electron chi connectivity index (χ3n) is 3.33. The van der Waals surface area contributed by atoms with Crippen LogP contribution in [0.25, 0.3) is 0 Å². The molecule has 0 amide bonds. The van der Waals surface area contributed by atoms with Crippen LogP contribution in [-0.4, -0.2) is 12.4 Å². The Balaban J connectivity index is 2.24. The molecule has 18 heavy (non-hydrogen) atoms. The molecule has 0 radical (unpaired) electrons. The van der Waals surface area contributed by atoms with E-state index in [0.717, 1.165) is 42.7 Å². The lowest BCUT2D eigenvalue weighted by molar-refractivity contribution is 0.0967. The molecule has 0 aromatic heterocycles. The molecule has 0 bridgehead atoms. The molecule has 0 heterocycles. The van der Waals surface area contributed by atoms with Crippen LogP contribution in [0.3, 0.4) is 0 Å². The SMILES string of the molecule is CCCOc1ccc(C(=O)C2CC2)cc1C(C)C. The highest BCUT2D eigenvalue weighted by molar-refractivity contribution is 5.99. The van der Waals surface area contributed by atoms with Crippen molar-refractivity contribution in [2.75, 3.05) is 6.61 Å². The zero-order valence-corrected chi connectivity index (χ0v) is 11.5. The quantitative estimate of drug-likeness (QED) is 0.703. The van der Waals surface area contributed by atoms with Crippen molar-refractivity contribution in [1.29, 1.82) is 0 Å². The fourth-order valence-corrected chi connectivity index (χ4v) is 2.08. The predicted octanol–water partition coefficient (Wildman–Crippen LogP) is 4.19. The maximum absolute atomic E-state index is 12.1. The van der Waals surface area contributed by atoms with Gasteiger partial charge in [0.1, 0.15) is 5.75 Å². The van der Waals surface area contributed by atoms with Gasteiger partial charge in [-0.05, 0) is 48.9 Å². The summed E-state index contributed by atoms with van der Waals surface area (Å²) >= 11 is 0. The van der Waals surface area contributed by atoms with E-state index in [-0.39, 0.29) is 5.92 Å². The predicted molar refractivity (Wildman–Crippen MR) is 73.4 cm³/mol. The molecule has 1 aromatic carbocycles. The summed E-state index contributed by atoms with van der Waals surface area (Å²) in [6, 6.07) is 5.90. The first kappa shape index (κ1) is 13.1. The Morgan fingerprint density at radius 1 is 1.39 bits per heavy atom. The summed E-state index contributed by atoms with van der Waals surface area (Å²) in [4.78, 5) is 12.1. The summed E-state index contributed by atoms with van der Waals surface area (Å²) in [7, 11) is 0. The summed E-state index contributed by atoms with van der Waals surface area (Å²) in [6.07, 6.45) is 3.12. The van der Waals surface area contributed by atoms with Gasteiger partial charge in [-0.2, -0.15) is 0 Å². The largest absolute Gasteiger partial charge is 0.493 e. The summed E-state index contributed by atoms with van der Waals surface area (Å²) in [5, 5.41) is 0. The second-order valence-electron chi connectivity index (χ2n) is 5.39. The Labute approximate surface area is 109 Å². The third-order valence-corrected chi connectivity index (χ3v) is 3.33. The van der Waals surface area contributed by atoms with Gasteiger partial charge in [-0.15, -0.1) is 0 Å². The first-order valence-corrected chi connectivity index (χ1v) is 6.94. The van der Waals surface area contributed by atoms with E-state index in [1.165, 1.54) is 0 Å². The topological polar surface area (TPSA) is 26.3 Å². The van der Waals surface area contributed by atoms with Gasteiger partial charge in [0, 0.05) is 11.5 Å². The molecule has 1 aliphatic carbocycles. The van der Waals surface area contributed by atoms with Gasteiger partial charge in [0.15, 0.2) is 5.78 Å². The molecule has 1 aromatic rings. The lowest BCUT2D eigenvalue weighted by Crippen LogP contribution is -2.05. The minimum Gasteiger partial charge on any atom is -0.493 e. The molecule has 1 aliphatic rings. The molecule has 0 atom stereocenters. The van der Waals surface area contributed by atoms with Crippen LogP contribution in [0.4, 0.5) is 0 Å². The summed E-state index contributed by atoms with van der Waals surface area (Å²) in [6.45, 7) is 7.11. The van der Waals surface area contributed by atoms with Crippen LogP contribution in [-0.2, 0) is 0 Å². The van der Waals surface area contributed by atoms with Crippen LogP contribution < -0.4 is 4.74 Å². The fraction of sp³-hybridized carbons (Fsp3) is 0.562. The number of hydrogen-bond acceptors (Lipinski definition) is 2. The number of rotatable bonds is 6. The zero-order valence-electron chi connectivity index (χ0n) is 11.5.